The van der Waals surface area contributed by atoms with Gasteiger partial charge in [-0.15, -0.1) is 0 Å². The maximum Gasteiger partial charge on any atom is 0.308 e. The molecule has 70 heavy (non-hydrogen) atoms. The summed E-state index contributed by atoms with van der Waals surface area (Å²) in [7, 11) is 4.65. The van der Waals surface area contributed by atoms with E-state index in [4.69, 9.17) is 18.9 Å². The number of ether oxygens (including phenoxy) is 4. The predicted octanol–water partition coefficient (Wildman–Crippen LogP) is 9.10. The van der Waals surface area contributed by atoms with Gasteiger partial charge in [-0.05, 0) is 119 Å². The first-order valence-corrected chi connectivity index (χ1v) is 26.3. The van der Waals surface area contributed by atoms with Gasteiger partial charge in [0.15, 0.2) is 11.6 Å². The van der Waals surface area contributed by atoms with Crippen molar-refractivity contribution in [2.75, 3.05) is 27.9 Å². The number of Topliss-reactive ketones (excluding diaryl/α,β-unsaturated/α-hetero) is 4. The van der Waals surface area contributed by atoms with Crippen LogP contribution in [0.25, 0.3) is 0 Å². The number of rotatable bonds is 28. The van der Waals surface area contributed by atoms with Crippen LogP contribution in [0.5, 0.6) is 0 Å². The molecule has 396 valence electrons. The van der Waals surface area contributed by atoms with Gasteiger partial charge in [0, 0.05) is 64.4 Å². The van der Waals surface area contributed by atoms with E-state index in [1.54, 1.807) is 48.0 Å². The van der Waals surface area contributed by atoms with Gasteiger partial charge in [0.25, 0.3) is 5.91 Å². The second-order valence-corrected chi connectivity index (χ2v) is 21.9. The summed E-state index contributed by atoms with van der Waals surface area (Å²) in [6.07, 6.45) is 16.1. The molecule has 1 amide bonds. The van der Waals surface area contributed by atoms with Crippen LogP contribution in [0.3, 0.4) is 0 Å². The average molecular weight is 982 g/mol. The Morgan fingerprint density at radius 2 is 1.59 bits per heavy atom. The number of amides is 1. The lowest BCUT2D eigenvalue weighted by molar-refractivity contribution is -0.161. The number of hydrogen-bond acceptors (Lipinski definition) is 12. The van der Waals surface area contributed by atoms with Gasteiger partial charge < -0.3 is 34.1 Å². The number of allylic oxidation sites excluding steroid dienone is 6. The maximum atomic E-state index is 14.3. The highest BCUT2D eigenvalue weighted by Gasteiger charge is 2.42. The van der Waals surface area contributed by atoms with Crippen LogP contribution in [0, 0.1) is 46.8 Å². The van der Waals surface area contributed by atoms with E-state index >= 15 is 0 Å². The van der Waals surface area contributed by atoms with Gasteiger partial charge in [0.1, 0.15) is 24.1 Å². The van der Waals surface area contributed by atoms with Crippen LogP contribution in [-0.2, 0) is 47.7 Å². The molecule has 14 atom stereocenters. The highest BCUT2D eigenvalue weighted by atomic mass is 16.5. The van der Waals surface area contributed by atoms with E-state index in [0.29, 0.717) is 57.1 Å². The van der Waals surface area contributed by atoms with Crippen LogP contribution in [0.1, 0.15) is 159 Å². The average Bonchev–Trinajstić information content (AvgIpc) is 3.33. The Morgan fingerprint density at radius 1 is 0.886 bits per heavy atom. The summed E-state index contributed by atoms with van der Waals surface area (Å²) in [6, 6.07) is -0.735. The molecule has 1 saturated carbocycles. The van der Waals surface area contributed by atoms with Gasteiger partial charge in [0.05, 0.1) is 30.3 Å². The summed E-state index contributed by atoms with van der Waals surface area (Å²) in [5.41, 5.74) is 0.607. The number of cyclic esters (lactones) is 1. The molecule has 2 heterocycles. The molecule has 2 aliphatic heterocycles. The van der Waals surface area contributed by atoms with Crippen LogP contribution in [0.4, 0.5) is 0 Å². The molecule has 3 rings (SSSR count). The Balaban J connectivity index is 1.68. The zero-order chi connectivity index (χ0) is 52.5. The minimum absolute atomic E-state index is 0.0402. The Bertz CT molecular complexity index is 1870. The molecule has 13 heteroatoms. The quantitative estimate of drug-likeness (QED) is 0.0329. The van der Waals surface area contributed by atoms with Gasteiger partial charge in [0.2, 0.25) is 5.78 Å². The molecule has 2 saturated heterocycles. The molecule has 14 unspecified atom stereocenters. The normalized spacial score (nSPS) is 26.5. The molecule has 0 aromatic heterocycles. The fraction of sp³-hybridized carbons (Fsp3) is 0.754. The van der Waals surface area contributed by atoms with Crippen molar-refractivity contribution in [3.05, 3.63) is 47.6 Å². The van der Waals surface area contributed by atoms with Crippen molar-refractivity contribution in [3.63, 3.8) is 0 Å². The van der Waals surface area contributed by atoms with Crippen LogP contribution < -0.4 is 0 Å². The summed E-state index contributed by atoms with van der Waals surface area (Å²) in [5, 5.41) is 22.0. The number of hydrogen-bond donors (Lipinski definition) is 2. The first-order chi connectivity index (χ1) is 33.0. The molecule has 3 aliphatic rings. The minimum atomic E-state index is -1.29. The molecule has 2 N–H and O–H groups in total. The number of carbonyl (C=O) groups excluding carboxylic acids is 6. The van der Waals surface area contributed by atoms with E-state index in [2.05, 4.69) is 6.92 Å². The first-order valence-electron chi connectivity index (χ1n) is 26.3. The van der Waals surface area contributed by atoms with Crippen LogP contribution in [0.15, 0.2) is 47.6 Å². The number of aliphatic hydroxyl groups is 2. The first kappa shape index (κ1) is 60.7. The minimum Gasteiger partial charge on any atom is -0.462 e. The fourth-order valence-corrected chi connectivity index (χ4v) is 10.4. The highest BCUT2D eigenvalue weighted by molar-refractivity contribution is 6.38. The largest absolute Gasteiger partial charge is 0.462 e. The zero-order valence-corrected chi connectivity index (χ0v) is 45.1. The number of nitrogens with zero attached hydrogens (tertiary/aromatic N) is 1. The highest BCUT2D eigenvalue weighted by Crippen LogP contribution is 2.37. The molecule has 1 aliphatic carbocycles. The molecule has 0 radical (unpaired) electrons. The number of ketones is 4. The van der Waals surface area contributed by atoms with E-state index in [1.807, 2.05) is 65.0 Å². The number of aliphatic hydroxyl groups excluding tert-OH is 2. The topological polar surface area (TPSA) is 183 Å². The van der Waals surface area contributed by atoms with Crippen molar-refractivity contribution < 1.29 is 57.9 Å². The van der Waals surface area contributed by atoms with Crippen LogP contribution >= 0.6 is 0 Å². The Labute approximate surface area is 420 Å². The van der Waals surface area contributed by atoms with E-state index in [1.165, 1.54) is 12.0 Å². The van der Waals surface area contributed by atoms with Gasteiger partial charge in [-0.3, -0.25) is 28.8 Å². The van der Waals surface area contributed by atoms with E-state index in [-0.39, 0.29) is 84.1 Å². The number of carbonyl (C=O) groups is 6. The van der Waals surface area contributed by atoms with E-state index in [9.17, 15) is 39.0 Å². The Kier molecular flexibility index (Phi) is 25.3. The van der Waals surface area contributed by atoms with Gasteiger partial charge in [-0.1, -0.05) is 91.8 Å². The standard InChI is InChI=1S/C57H91NO12/c1-14-57(9,10)54(64)55(65)58-27-19-18-22-45(58)48(61)33-43(38(5)30-42-24-26-46(59)50(31-42)68-12)32-47(60)39(6)29-41(8)52(63)53(69-13)51(62)40(7)28-35(2)20-16-15-17-21-36(3)49(67-11)34-44-25-23-37(4)56(66)70-44/h15-17,20-21,29,35,37-40,42-46,49-50,52-53,59,63H,14,18-19,22-28,30-34H2,1-13H3/b17-15+,20-16+,36-21+,41-29+. The summed E-state index contributed by atoms with van der Waals surface area (Å²) < 4.78 is 22.5. The molecule has 0 bridgehead atoms. The molecule has 3 fully saturated rings. The van der Waals surface area contributed by atoms with Gasteiger partial charge >= 0.3 is 5.97 Å². The van der Waals surface area contributed by atoms with Crippen molar-refractivity contribution in [1.82, 2.24) is 4.90 Å². The van der Waals surface area contributed by atoms with Gasteiger partial charge in [-0.2, -0.15) is 0 Å². The third-order valence-corrected chi connectivity index (χ3v) is 15.8. The molecule has 0 aromatic rings. The fourth-order valence-electron chi connectivity index (χ4n) is 10.4. The summed E-state index contributed by atoms with van der Waals surface area (Å²) >= 11 is 0. The molecular weight excluding hydrogens is 891 g/mol. The van der Waals surface area contributed by atoms with Gasteiger partial charge in [-0.25, -0.2) is 0 Å². The van der Waals surface area contributed by atoms with Crippen molar-refractivity contribution in [2.24, 2.45) is 46.8 Å². The lowest BCUT2D eigenvalue weighted by atomic mass is 9.74. The molecular formula is C57H91NO12. The monoisotopic (exact) mass is 982 g/mol. The summed E-state index contributed by atoms with van der Waals surface area (Å²) in [4.78, 5) is 82.7. The summed E-state index contributed by atoms with van der Waals surface area (Å²) in [5.74, 6) is -3.05. The number of esters is 1. The van der Waals surface area contributed by atoms with Crippen molar-refractivity contribution in [1.29, 1.82) is 0 Å². The second-order valence-electron chi connectivity index (χ2n) is 21.9. The third-order valence-electron chi connectivity index (χ3n) is 15.8. The lowest BCUT2D eigenvalue weighted by Crippen LogP contribution is -2.53. The zero-order valence-electron chi connectivity index (χ0n) is 45.1. The smallest absolute Gasteiger partial charge is 0.308 e. The van der Waals surface area contributed by atoms with Crippen LogP contribution in [-0.4, -0.2) is 121 Å². The molecule has 13 nitrogen and oxygen atoms in total. The molecule has 0 aromatic carbocycles. The number of methoxy groups -OCH3 is 3. The van der Waals surface area contributed by atoms with Crippen molar-refractivity contribution in [2.45, 2.75) is 202 Å². The van der Waals surface area contributed by atoms with Crippen LogP contribution in [0.2, 0.25) is 0 Å². The van der Waals surface area contributed by atoms with Crippen molar-refractivity contribution >= 4 is 35.0 Å². The number of likely N-dealkylation sites (tertiary alicyclic amines) is 1. The molecule has 0 spiro atoms. The summed E-state index contributed by atoms with van der Waals surface area (Å²) in [6.45, 7) is 19.0. The maximum absolute atomic E-state index is 14.3. The predicted molar refractivity (Wildman–Crippen MR) is 273 cm³/mol. The third kappa shape index (κ3) is 17.8. The van der Waals surface area contributed by atoms with Crippen molar-refractivity contribution in [3.8, 4) is 0 Å². The Morgan fingerprint density at radius 3 is 2.21 bits per heavy atom. The lowest BCUT2D eigenvalue weighted by Gasteiger charge is -2.38. The SMILES string of the molecule is CCC(C)(C)C(=O)C(=O)N1CCCCC1C(=O)CC(CC(=O)C(C)/C=C(\C)C(O)C(OC)C(=O)C(C)CC(C)/C=C/C=C/C=C(\C)C(CC1CCC(C)C(=O)O1)OC)C(C)CC1CCC(O)C(OC)C1. The second kappa shape index (κ2) is 29.2. The van der Waals surface area contributed by atoms with E-state index in [0.717, 1.165) is 37.7 Å². The Hall–Kier alpha value is -3.62. The number of piperidine rings is 1. The van der Waals surface area contributed by atoms with E-state index < -0.39 is 53.3 Å².